The summed E-state index contributed by atoms with van der Waals surface area (Å²) >= 11 is 5.91. The highest BCUT2D eigenvalue weighted by Crippen LogP contribution is 2.15. The van der Waals surface area contributed by atoms with Crippen molar-refractivity contribution < 1.29 is 8.42 Å². The predicted octanol–water partition coefficient (Wildman–Crippen LogP) is -0.269. The van der Waals surface area contributed by atoms with E-state index in [2.05, 4.69) is 25.0 Å². The van der Waals surface area contributed by atoms with E-state index in [1.54, 1.807) is 4.90 Å². The van der Waals surface area contributed by atoms with Crippen LogP contribution in [0.4, 0.5) is 5.95 Å². The summed E-state index contributed by atoms with van der Waals surface area (Å²) < 4.78 is 24.6. The van der Waals surface area contributed by atoms with E-state index in [0.717, 1.165) is 0 Å². The number of hydrogen-bond acceptors (Lipinski definition) is 8. The van der Waals surface area contributed by atoms with Crippen molar-refractivity contribution in [2.45, 2.75) is 6.42 Å². The van der Waals surface area contributed by atoms with Crippen LogP contribution in [0.2, 0.25) is 5.28 Å². The molecule has 1 aliphatic heterocycles. The first-order valence-corrected chi connectivity index (χ1v) is 8.45. The summed E-state index contributed by atoms with van der Waals surface area (Å²) in [7, 11) is -3.00. The van der Waals surface area contributed by atoms with Gasteiger partial charge in [-0.1, -0.05) is 0 Å². The Morgan fingerprint density at radius 3 is 2.67 bits per heavy atom. The van der Waals surface area contributed by atoms with Gasteiger partial charge in [0.25, 0.3) is 5.95 Å². The zero-order valence-electron chi connectivity index (χ0n) is 10.9. The predicted molar refractivity (Wildman–Crippen MR) is 75.2 cm³/mol. The quantitative estimate of drug-likeness (QED) is 0.741. The van der Waals surface area contributed by atoms with Crippen molar-refractivity contribution in [1.82, 2.24) is 29.7 Å². The van der Waals surface area contributed by atoms with E-state index in [0.29, 0.717) is 25.5 Å². The molecule has 0 aromatic carbocycles. The topological polar surface area (TPSA) is 107 Å². The van der Waals surface area contributed by atoms with Crippen LogP contribution in [0.1, 0.15) is 6.42 Å². The first kappa shape index (κ1) is 14.1. The number of anilines is 1. The van der Waals surface area contributed by atoms with Crippen molar-refractivity contribution in [3.63, 3.8) is 0 Å². The maximum absolute atomic E-state index is 11.6. The van der Waals surface area contributed by atoms with Crippen LogP contribution < -0.4 is 4.90 Å². The zero-order chi connectivity index (χ0) is 14.9. The minimum atomic E-state index is -3.00. The lowest BCUT2D eigenvalue weighted by molar-refractivity contribution is 0.597. The van der Waals surface area contributed by atoms with Gasteiger partial charge in [-0.25, -0.2) is 13.4 Å². The van der Waals surface area contributed by atoms with Crippen LogP contribution in [-0.4, -0.2) is 62.7 Å². The Labute approximate surface area is 125 Å². The lowest BCUT2D eigenvalue weighted by Crippen LogP contribution is -2.29. The van der Waals surface area contributed by atoms with Gasteiger partial charge in [0.1, 0.15) is 12.7 Å². The molecule has 1 fully saturated rings. The fraction of sp³-hybridized carbons (Fsp3) is 0.500. The summed E-state index contributed by atoms with van der Waals surface area (Å²) in [5.41, 5.74) is 0. The summed E-state index contributed by atoms with van der Waals surface area (Å²) in [5.74, 6) is 0.847. The molecule has 0 N–H and O–H groups in total. The van der Waals surface area contributed by atoms with Gasteiger partial charge >= 0.3 is 0 Å². The van der Waals surface area contributed by atoms with E-state index in [1.165, 1.54) is 17.3 Å². The van der Waals surface area contributed by atoms with Gasteiger partial charge in [-0.15, -0.1) is 0 Å². The Hall–Kier alpha value is -1.81. The molecular weight excluding hydrogens is 318 g/mol. The molecule has 3 rings (SSSR count). The minimum absolute atomic E-state index is 0.0256. The van der Waals surface area contributed by atoms with Gasteiger partial charge in [-0.3, -0.25) is 0 Å². The summed E-state index contributed by atoms with van der Waals surface area (Å²) in [5, 5.41) is 3.96. The van der Waals surface area contributed by atoms with Crippen LogP contribution in [0, 0.1) is 0 Å². The number of aromatic nitrogens is 6. The molecule has 112 valence electrons. The molecule has 2 aromatic heterocycles. The fourth-order valence-electron chi connectivity index (χ4n) is 2.02. The molecule has 9 nitrogen and oxygen atoms in total. The highest BCUT2D eigenvalue weighted by atomic mass is 35.5. The van der Waals surface area contributed by atoms with Crippen LogP contribution in [-0.2, 0) is 9.84 Å². The fourth-order valence-corrected chi connectivity index (χ4v) is 3.45. The first-order chi connectivity index (χ1) is 10.0. The molecule has 0 aliphatic carbocycles. The first-order valence-electron chi connectivity index (χ1n) is 6.25. The standard InChI is InChI=1S/C10H12ClN7O2S/c11-8-14-9(16-10(15-8)18-7-12-6-13-18)17-2-1-4-21(19,20)5-3-17/h6-7H,1-5H2. The SMILES string of the molecule is O=S1(=O)CCCN(c2nc(Cl)nc(-n3cncn3)n2)CC1. The third-order valence-electron chi connectivity index (χ3n) is 3.05. The van der Waals surface area contributed by atoms with Gasteiger partial charge in [-0.05, 0) is 18.0 Å². The third-order valence-corrected chi connectivity index (χ3v) is 4.93. The summed E-state index contributed by atoms with van der Waals surface area (Å²) in [6.07, 6.45) is 3.34. The molecule has 0 spiro atoms. The van der Waals surface area contributed by atoms with Gasteiger partial charge in [0.05, 0.1) is 11.5 Å². The molecule has 2 aromatic rings. The molecule has 21 heavy (non-hydrogen) atoms. The highest BCUT2D eigenvalue weighted by Gasteiger charge is 2.22. The maximum atomic E-state index is 11.6. The Balaban J connectivity index is 1.92. The molecule has 1 saturated heterocycles. The lowest BCUT2D eigenvalue weighted by atomic mass is 10.4. The normalized spacial score (nSPS) is 18.4. The summed E-state index contributed by atoms with van der Waals surface area (Å²) in [6, 6.07) is 0. The molecule has 3 heterocycles. The Bertz CT molecular complexity index is 734. The Morgan fingerprint density at radius 2 is 1.90 bits per heavy atom. The monoisotopic (exact) mass is 329 g/mol. The average Bonchev–Trinajstić information content (AvgIpc) is 2.89. The van der Waals surface area contributed by atoms with Gasteiger partial charge in [0.2, 0.25) is 11.2 Å². The molecule has 0 bridgehead atoms. The van der Waals surface area contributed by atoms with Crippen molar-refractivity contribution in [1.29, 1.82) is 0 Å². The van der Waals surface area contributed by atoms with E-state index in [9.17, 15) is 8.42 Å². The smallest absolute Gasteiger partial charge is 0.258 e. The van der Waals surface area contributed by atoms with Crippen molar-refractivity contribution in [3.8, 4) is 5.95 Å². The Kier molecular flexibility index (Phi) is 3.72. The number of sulfone groups is 1. The second-order valence-corrected chi connectivity index (χ2v) is 7.18. The summed E-state index contributed by atoms with van der Waals surface area (Å²) in [6.45, 7) is 0.885. The number of hydrogen-bond donors (Lipinski definition) is 0. The second-order valence-electron chi connectivity index (χ2n) is 4.54. The van der Waals surface area contributed by atoms with E-state index >= 15 is 0 Å². The van der Waals surface area contributed by atoms with E-state index in [4.69, 9.17) is 11.6 Å². The third kappa shape index (κ3) is 3.27. The van der Waals surface area contributed by atoms with E-state index in [-0.39, 0.29) is 22.7 Å². The zero-order valence-corrected chi connectivity index (χ0v) is 12.5. The average molecular weight is 330 g/mol. The number of nitrogens with zero attached hydrogens (tertiary/aromatic N) is 7. The van der Waals surface area contributed by atoms with Crippen LogP contribution in [0.25, 0.3) is 5.95 Å². The number of rotatable bonds is 2. The molecule has 0 atom stereocenters. The van der Waals surface area contributed by atoms with Crippen molar-refractivity contribution >= 4 is 27.4 Å². The van der Waals surface area contributed by atoms with E-state index < -0.39 is 9.84 Å². The molecule has 0 radical (unpaired) electrons. The summed E-state index contributed by atoms with van der Waals surface area (Å²) in [4.78, 5) is 17.9. The van der Waals surface area contributed by atoms with Gasteiger partial charge < -0.3 is 4.90 Å². The minimum Gasteiger partial charge on any atom is -0.340 e. The Morgan fingerprint density at radius 1 is 1.10 bits per heavy atom. The lowest BCUT2D eigenvalue weighted by Gasteiger charge is -2.19. The van der Waals surface area contributed by atoms with Crippen LogP contribution in [0.3, 0.4) is 0 Å². The molecular formula is C10H12ClN7O2S. The molecule has 0 saturated carbocycles. The second kappa shape index (κ2) is 5.53. The molecule has 1 aliphatic rings. The van der Waals surface area contributed by atoms with Crippen LogP contribution in [0.15, 0.2) is 12.7 Å². The van der Waals surface area contributed by atoms with Crippen LogP contribution >= 0.6 is 11.6 Å². The molecule has 0 unspecified atom stereocenters. The van der Waals surface area contributed by atoms with Crippen LogP contribution in [0.5, 0.6) is 0 Å². The largest absolute Gasteiger partial charge is 0.340 e. The van der Waals surface area contributed by atoms with E-state index in [1.807, 2.05) is 0 Å². The van der Waals surface area contributed by atoms with Gasteiger partial charge in [-0.2, -0.15) is 24.7 Å². The maximum Gasteiger partial charge on any atom is 0.258 e. The van der Waals surface area contributed by atoms with Crippen molar-refractivity contribution in [2.24, 2.45) is 0 Å². The molecule has 11 heteroatoms. The van der Waals surface area contributed by atoms with Gasteiger partial charge in [0.15, 0.2) is 9.84 Å². The van der Waals surface area contributed by atoms with Crippen molar-refractivity contribution in [3.05, 3.63) is 17.9 Å². The van der Waals surface area contributed by atoms with Crippen molar-refractivity contribution in [2.75, 3.05) is 29.5 Å². The number of halogens is 1. The highest BCUT2D eigenvalue weighted by molar-refractivity contribution is 7.91. The molecule has 0 amide bonds. The van der Waals surface area contributed by atoms with Gasteiger partial charge in [0, 0.05) is 13.1 Å².